The third-order valence-corrected chi connectivity index (χ3v) is 9.31. The lowest BCUT2D eigenvalue weighted by molar-refractivity contribution is 0.219. The molecular formula is C24H35O4PS2. The highest BCUT2D eigenvalue weighted by Gasteiger charge is 2.15. The maximum absolute atomic E-state index is 10.4. The van der Waals surface area contributed by atoms with E-state index < -0.39 is 5.69 Å². The van der Waals surface area contributed by atoms with E-state index in [1.54, 1.807) is 0 Å². The van der Waals surface area contributed by atoms with Crippen molar-refractivity contribution in [2.24, 2.45) is 0 Å². The van der Waals surface area contributed by atoms with Gasteiger partial charge < -0.3 is 18.9 Å². The van der Waals surface area contributed by atoms with Gasteiger partial charge >= 0.3 is 0 Å². The van der Waals surface area contributed by atoms with Crippen LogP contribution in [0.3, 0.4) is 0 Å². The van der Waals surface area contributed by atoms with Gasteiger partial charge in [-0.2, -0.15) is 0 Å². The molecule has 0 aliphatic carbocycles. The van der Waals surface area contributed by atoms with Crippen LogP contribution >= 0.6 is 17.1 Å². The van der Waals surface area contributed by atoms with Gasteiger partial charge in [-0.1, -0.05) is 63.3 Å². The summed E-state index contributed by atoms with van der Waals surface area (Å²) in [6.45, 7) is 9.64. The van der Waals surface area contributed by atoms with E-state index in [4.69, 9.17) is 25.8 Å². The van der Waals surface area contributed by atoms with Crippen molar-refractivity contribution >= 4 is 28.9 Å². The zero-order chi connectivity index (χ0) is 22.7. The Morgan fingerprint density at radius 3 is 1.77 bits per heavy atom. The SMILES string of the molecule is CCc1ccc(OCCOP(O)(=S)SCCOc2ccc(CC)cc2CC)c(CC)c1. The van der Waals surface area contributed by atoms with Gasteiger partial charge in [0.15, 0.2) is 0 Å². The van der Waals surface area contributed by atoms with E-state index in [9.17, 15) is 4.89 Å². The monoisotopic (exact) mass is 482 g/mol. The third-order valence-electron chi connectivity index (χ3n) is 5.02. The zero-order valence-electron chi connectivity index (χ0n) is 19.1. The maximum atomic E-state index is 10.4. The number of rotatable bonds is 14. The molecule has 1 N–H and O–H groups in total. The summed E-state index contributed by atoms with van der Waals surface area (Å²) in [6, 6.07) is 12.6. The van der Waals surface area contributed by atoms with E-state index in [0.29, 0.717) is 19.0 Å². The second kappa shape index (κ2) is 13.5. The molecule has 2 aromatic carbocycles. The minimum Gasteiger partial charge on any atom is -0.492 e. The van der Waals surface area contributed by atoms with Crippen LogP contribution in [0, 0.1) is 0 Å². The molecule has 4 nitrogen and oxygen atoms in total. The lowest BCUT2D eigenvalue weighted by Gasteiger charge is -2.17. The second-order valence-electron chi connectivity index (χ2n) is 7.13. The van der Waals surface area contributed by atoms with Crippen LogP contribution < -0.4 is 9.47 Å². The number of hydrogen-bond donors (Lipinski definition) is 1. The molecule has 0 heterocycles. The van der Waals surface area contributed by atoms with Gasteiger partial charge in [0.2, 0.25) is 5.69 Å². The first-order chi connectivity index (χ1) is 14.9. The molecular weight excluding hydrogens is 447 g/mol. The largest absolute Gasteiger partial charge is 0.492 e. The van der Waals surface area contributed by atoms with Gasteiger partial charge in [-0.25, -0.2) is 0 Å². The molecule has 0 fully saturated rings. The number of benzene rings is 2. The summed E-state index contributed by atoms with van der Waals surface area (Å²) in [4.78, 5) is 10.4. The Hall–Kier alpha value is -1.04. The second-order valence-corrected chi connectivity index (χ2v) is 13.4. The smallest absolute Gasteiger partial charge is 0.244 e. The average Bonchev–Trinajstić information content (AvgIpc) is 2.79. The molecule has 0 aromatic heterocycles. The summed E-state index contributed by atoms with van der Waals surface area (Å²) < 4.78 is 17.3. The quantitative estimate of drug-likeness (QED) is 0.250. The topological polar surface area (TPSA) is 47.9 Å². The summed E-state index contributed by atoms with van der Waals surface area (Å²) in [6.07, 6.45) is 3.87. The molecule has 1 unspecified atom stereocenters. The normalized spacial score (nSPS) is 13.1. The van der Waals surface area contributed by atoms with Gasteiger partial charge in [0.1, 0.15) is 18.1 Å². The molecule has 0 amide bonds. The van der Waals surface area contributed by atoms with E-state index >= 15 is 0 Å². The van der Waals surface area contributed by atoms with Gasteiger partial charge in [-0.15, -0.1) is 0 Å². The third kappa shape index (κ3) is 8.78. The predicted octanol–water partition coefficient (Wildman–Crippen LogP) is 6.36. The number of aryl methyl sites for hydroxylation is 4. The van der Waals surface area contributed by atoms with Crippen LogP contribution in [-0.2, 0) is 42.0 Å². The molecule has 0 spiro atoms. The summed E-state index contributed by atoms with van der Waals surface area (Å²) >= 11 is 6.52. The first kappa shape index (κ1) is 26.2. The molecule has 0 aliphatic rings. The molecule has 0 radical (unpaired) electrons. The van der Waals surface area contributed by atoms with Crippen molar-refractivity contribution in [2.75, 3.05) is 25.6 Å². The lowest BCUT2D eigenvalue weighted by Crippen LogP contribution is -2.07. The van der Waals surface area contributed by atoms with Crippen molar-refractivity contribution < 1.29 is 18.9 Å². The summed E-state index contributed by atoms with van der Waals surface area (Å²) in [7, 11) is 0. The highest BCUT2D eigenvalue weighted by Crippen LogP contribution is 2.55. The van der Waals surface area contributed by atoms with Gasteiger partial charge in [-0.3, -0.25) is 0 Å². The Balaban J connectivity index is 1.72. The fourth-order valence-corrected chi connectivity index (χ4v) is 6.21. The van der Waals surface area contributed by atoms with Crippen LogP contribution in [0.4, 0.5) is 0 Å². The van der Waals surface area contributed by atoms with Crippen LogP contribution in [0.15, 0.2) is 36.4 Å². The maximum Gasteiger partial charge on any atom is 0.244 e. The van der Waals surface area contributed by atoms with Crippen molar-refractivity contribution in [3.8, 4) is 11.5 Å². The fraction of sp³-hybridized carbons (Fsp3) is 0.500. The molecule has 172 valence electrons. The van der Waals surface area contributed by atoms with Crippen LogP contribution in [0.25, 0.3) is 0 Å². The van der Waals surface area contributed by atoms with Crippen LogP contribution in [0.2, 0.25) is 0 Å². The van der Waals surface area contributed by atoms with Gasteiger partial charge in [0.25, 0.3) is 0 Å². The zero-order valence-corrected chi connectivity index (χ0v) is 21.6. The van der Waals surface area contributed by atoms with Gasteiger partial charge in [0.05, 0.1) is 13.2 Å². The van der Waals surface area contributed by atoms with E-state index in [-0.39, 0.29) is 6.61 Å². The molecule has 1 atom stereocenters. The molecule has 0 bridgehead atoms. The van der Waals surface area contributed by atoms with E-state index in [1.165, 1.54) is 33.6 Å². The Morgan fingerprint density at radius 1 is 0.774 bits per heavy atom. The Bertz CT molecular complexity index is 805. The van der Waals surface area contributed by atoms with Gasteiger partial charge in [0, 0.05) is 5.75 Å². The first-order valence-electron chi connectivity index (χ1n) is 11.0. The van der Waals surface area contributed by atoms with Crippen molar-refractivity contribution in [1.82, 2.24) is 0 Å². The molecule has 7 heteroatoms. The minimum atomic E-state index is -2.91. The van der Waals surface area contributed by atoms with Crippen LogP contribution in [0.5, 0.6) is 11.5 Å². The lowest BCUT2D eigenvalue weighted by atomic mass is 10.1. The molecule has 2 aromatic rings. The van der Waals surface area contributed by atoms with Gasteiger partial charge in [-0.05, 0) is 71.9 Å². The average molecular weight is 483 g/mol. The summed E-state index contributed by atoms with van der Waals surface area (Å²) in [5.74, 6) is 2.35. The predicted molar refractivity (Wildman–Crippen MR) is 136 cm³/mol. The van der Waals surface area contributed by atoms with Crippen molar-refractivity contribution in [3.63, 3.8) is 0 Å². The summed E-state index contributed by atoms with van der Waals surface area (Å²) in [5.41, 5.74) is 2.10. The molecule has 0 aliphatic heterocycles. The van der Waals surface area contributed by atoms with E-state index in [2.05, 4.69) is 52.0 Å². The number of hydrogen-bond acceptors (Lipinski definition) is 5. The van der Waals surface area contributed by atoms with Crippen molar-refractivity contribution in [3.05, 3.63) is 58.7 Å². The van der Waals surface area contributed by atoms with Crippen LogP contribution in [-0.4, -0.2) is 30.5 Å². The highest BCUT2D eigenvalue weighted by molar-refractivity contribution is 8.67. The van der Waals surface area contributed by atoms with E-state index in [1.807, 2.05) is 12.1 Å². The first-order valence-corrected chi connectivity index (χ1v) is 15.3. The van der Waals surface area contributed by atoms with Crippen LogP contribution in [0.1, 0.15) is 49.9 Å². The summed E-state index contributed by atoms with van der Waals surface area (Å²) in [5, 5.41) is 0. The Kier molecular flexibility index (Phi) is 11.4. The molecule has 0 saturated heterocycles. The van der Waals surface area contributed by atoms with E-state index in [0.717, 1.165) is 37.2 Å². The molecule has 31 heavy (non-hydrogen) atoms. The molecule has 0 saturated carbocycles. The Morgan fingerprint density at radius 2 is 1.29 bits per heavy atom. The minimum absolute atomic E-state index is 0.263. The Labute approximate surface area is 196 Å². The standard InChI is InChI=1S/C24H35O4PS2/c1-5-19-9-11-23(21(7-3)17-19)26-13-14-28-29(25,30)31-16-15-27-24-12-10-20(6-2)18-22(24)8-4/h9-12,17-18H,5-8,13-16H2,1-4H3,(H,25,30). The highest BCUT2D eigenvalue weighted by atomic mass is 32.9. The number of ether oxygens (including phenoxy) is 2. The van der Waals surface area contributed by atoms with Crippen molar-refractivity contribution in [1.29, 1.82) is 0 Å². The van der Waals surface area contributed by atoms with Crippen molar-refractivity contribution in [2.45, 2.75) is 53.4 Å². The fourth-order valence-electron chi connectivity index (χ4n) is 3.19. The molecule has 2 rings (SSSR count).